The number of nitrogens with zero attached hydrogens (tertiary/aromatic N) is 2. The highest BCUT2D eigenvalue weighted by Crippen LogP contribution is 2.30. The second kappa shape index (κ2) is 5.54. The minimum atomic E-state index is 0.568. The van der Waals surface area contributed by atoms with E-state index < -0.39 is 0 Å². The van der Waals surface area contributed by atoms with Crippen molar-refractivity contribution in [2.75, 3.05) is 18.0 Å². The Morgan fingerprint density at radius 1 is 1.53 bits per heavy atom. The molecule has 2 heterocycles. The molecule has 1 fully saturated rings. The molecule has 1 aromatic heterocycles. The van der Waals surface area contributed by atoms with Crippen LogP contribution in [-0.4, -0.2) is 29.3 Å². The molecule has 0 unspecified atom stereocenters. The summed E-state index contributed by atoms with van der Waals surface area (Å²) in [6.07, 6.45) is 6.94. The number of rotatable bonds is 3. The third-order valence-corrected chi connectivity index (χ3v) is 4.00. The molecule has 0 saturated carbocycles. The molecule has 96 valence electrons. The number of hydrogen-bond acceptors (Lipinski definition) is 3. The Kier molecular flexibility index (Phi) is 4.05. The molecule has 0 aliphatic carbocycles. The third kappa shape index (κ3) is 2.46. The first-order valence-electron chi connectivity index (χ1n) is 6.74. The van der Waals surface area contributed by atoms with Gasteiger partial charge in [-0.05, 0) is 38.6 Å². The number of aromatic nitrogens is 2. The highest BCUT2D eigenvalue weighted by atomic mass is 15.2. The summed E-state index contributed by atoms with van der Waals surface area (Å²) in [7, 11) is 0. The van der Waals surface area contributed by atoms with E-state index in [0.29, 0.717) is 12.0 Å². The van der Waals surface area contributed by atoms with Gasteiger partial charge in [0.25, 0.3) is 0 Å². The van der Waals surface area contributed by atoms with Gasteiger partial charge in [0.2, 0.25) is 0 Å². The van der Waals surface area contributed by atoms with Gasteiger partial charge in [0.1, 0.15) is 0 Å². The molecular formula is C13H24N4. The topological polar surface area (TPSA) is 57.9 Å². The smallest absolute Gasteiger partial charge is 0.0782 e. The van der Waals surface area contributed by atoms with E-state index in [1.54, 1.807) is 0 Å². The summed E-state index contributed by atoms with van der Waals surface area (Å²) in [5.74, 6) is 0.622. The van der Waals surface area contributed by atoms with Crippen molar-refractivity contribution in [3.05, 3.63) is 11.9 Å². The Morgan fingerprint density at radius 3 is 2.94 bits per heavy atom. The highest BCUT2D eigenvalue weighted by Gasteiger charge is 2.28. The molecule has 0 bridgehead atoms. The zero-order valence-corrected chi connectivity index (χ0v) is 10.9. The van der Waals surface area contributed by atoms with E-state index in [4.69, 9.17) is 5.73 Å². The summed E-state index contributed by atoms with van der Waals surface area (Å²) < 4.78 is 0. The zero-order valence-electron chi connectivity index (χ0n) is 10.9. The number of aryl methyl sites for hydroxylation is 1. The van der Waals surface area contributed by atoms with Crippen molar-refractivity contribution in [1.82, 2.24) is 10.2 Å². The van der Waals surface area contributed by atoms with Gasteiger partial charge >= 0.3 is 0 Å². The molecule has 1 aliphatic heterocycles. The summed E-state index contributed by atoms with van der Waals surface area (Å²) in [4.78, 5) is 2.52. The maximum absolute atomic E-state index is 5.94. The summed E-state index contributed by atoms with van der Waals surface area (Å²) in [6.45, 7) is 6.29. The van der Waals surface area contributed by atoms with Gasteiger partial charge in [0.15, 0.2) is 0 Å². The molecule has 0 radical (unpaired) electrons. The largest absolute Gasteiger partial charge is 0.365 e. The van der Waals surface area contributed by atoms with E-state index in [1.165, 1.54) is 30.6 Å². The van der Waals surface area contributed by atoms with Crippen LogP contribution >= 0.6 is 0 Å². The van der Waals surface area contributed by atoms with E-state index in [-0.39, 0.29) is 0 Å². The molecule has 1 aliphatic rings. The first-order valence-corrected chi connectivity index (χ1v) is 6.74. The SMILES string of the molecule is CC[C@@H]1[C@@H](CN)CCCCN1c1cn[nH]c1C. The van der Waals surface area contributed by atoms with Crippen molar-refractivity contribution in [3.63, 3.8) is 0 Å². The Morgan fingerprint density at radius 2 is 2.35 bits per heavy atom. The van der Waals surface area contributed by atoms with Crippen molar-refractivity contribution < 1.29 is 0 Å². The number of aromatic amines is 1. The fourth-order valence-electron chi connectivity index (χ4n) is 3.06. The van der Waals surface area contributed by atoms with Crippen molar-refractivity contribution in [2.24, 2.45) is 11.7 Å². The van der Waals surface area contributed by atoms with Gasteiger partial charge in [0, 0.05) is 12.6 Å². The van der Waals surface area contributed by atoms with Crippen LogP contribution in [0.2, 0.25) is 0 Å². The van der Waals surface area contributed by atoms with Gasteiger partial charge in [0.05, 0.1) is 17.6 Å². The van der Waals surface area contributed by atoms with Gasteiger partial charge in [-0.2, -0.15) is 5.10 Å². The minimum absolute atomic E-state index is 0.568. The molecule has 0 aromatic carbocycles. The molecule has 0 amide bonds. The zero-order chi connectivity index (χ0) is 12.3. The third-order valence-electron chi connectivity index (χ3n) is 4.00. The Bertz CT molecular complexity index is 347. The molecule has 4 heteroatoms. The first kappa shape index (κ1) is 12.4. The lowest BCUT2D eigenvalue weighted by atomic mass is 9.92. The van der Waals surface area contributed by atoms with Gasteiger partial charge in [-0.25, -0.2) is 0 Å². The van der Waals surface area contributed by atoms with Crippen LogP contribution in [0.25, 0.3) is 0 Å². The maximum Gasteiger partial charge on any atom is 0.0782 e. The lowest BCUT2D eigenvalue weighted by Crippen LogP contribution is -2.42. The van der Waals surface area contributed by atoms with E-state index in [1.807, 2.05) is 6.20 Å². The summed E-state index contributed by atoms with van der Waals surface area (Å²) in [5, 5.41) is 7.19. The monoisotopic (exact) mass is 236 g/mol. The fourth-order valence-corrected chi connectivity index (χ4v) is 3.06. The molecule has 3 N–H and O–H groups in total. The Hall–Kier alpha value is -1.03. The van der Waals surface area contributed by atoms with Crippen LogP contribution in [0.4, 0.5) is 5.69 Å². The summed E-state index contributed by atoms with van der Waals surface area (Å²) in [5.41, 5.74) is 8.37. The molecule has 2 atom stereocenters. The quantitative estimate of drug-likeness (QED) is 0.844. The average Bonchev–Trinajstić information content (AvgIpc) is 2.65. The number of hydrogen-bond donors (Lipinski definition) is 2. The van der Waals surface area contributed by atoms with Gasteiger partial charge in [-0.1, -0.05) is 13.3 Å². The lowest BCUT2D eigenvalue weighted by molar-refractivity contribution is 0.392. The van der Waals surface area contributed by atoms with Crippen molar-refractivity contribution in [3.8, 4) is 0 Å². The standard InChI is InChI=1S/C13H24N4/c1-3-12-11(8-14)6-4-5-7-17(12)13-9-15-16-10(13)2/h9,11-12H,3-8,14H2,1-2H3,(H,15,16)/t11-,12-/m1/s1. The van der Waals surface area contributed by atoms with Crippen molar-refractivity contribution in [2.45, 2.75) is 45.6 Å². The highest BCUT2D eigenvalue weighted by molar-refractivity contribution is 5.49. The van der Waals surface area contributed by atoms with E-state index in [2.05, 4.69) is 28.9 Å². The molecule has 1 saturated heterocycles. The number of nitrogens with two attached hydrogens (primary N) is 1. The predicted octanol–water partition coefficient (Wildman–Crippen LogP) is 2.06. The second-order valence-corrected chi connectivity index (χ2v) is 5.04. The number of nitrogens with one attached hydrogen (secondary N) is 1. The van der Waals surface area contributed by atoms with Gasteiger partial charge in [-0.3, -0.25) is 5.10 Å². The molecule has 1 aromatic rings. The molecule has 0 spiro atoms. The molecular weight excluding hydrogens is 212 g/mol. The second-order valence-electron chi connectivity index (χ2n) is 5.04. The molecule has 2 rings (SSSR count). The van der Waals surface area contributed by atoms with E-state index >= 15 is 0 Å². The van der Waals surface area contributed by atoms with Crippen LogP contribution in [0.3, 0.4) is 0 Å². The maximum atomic E-state index is 5.94. The van der Waals surface area contributed by atoms with Gasteiger partial charge < -0.3 is 10.6 Å². The molecule has 4 nitrogen and oxygen atoms in total. The Labute approximate surface area is 104 Å². The van der Waals surface area contributed by atoms with E-state index in [9.17, 15) is 0 Å². The molecule has 17 heavy (non-hydrogen) atoms. The first-order chi connectivity index (χ1) is 8.27. The minimum Gasteiger partial charge on any atom is -0.365 e. The normalized spacial score (nSPS) is 25.9. The van der Waals surface area contributed by atoms with Crippen LogP contribution in [0.1, 0.15) is 38.3 Å². The van der Waals surface area contributed by atoms with E-state index in [0.717, 1.165) is 19.5 Å². The van der Waals surface area contributed by atoms with Crippen LogP contribution in [0.5, 0.6) is 0 Å². The van der Waals surface area contributed by atoms with Crippen LogP contribution in [0.15, 0.2) is 6.20 Å². The van der Waals surface area contributed by atoms with Crippen LogP contribution < -0.4 is 10.6 Å². The predicted molar refractivity (Wildman–Crippen MR) is 71.1 cm³/mol. The van der Waals surface area contributed by atoms with Crippen molar-refractivity contribution >= 4 is 5.69 Å². The number of anilines is 1. The van der Waals surface area contributed by atoms with Gasteiger partial charge in [-0.15, -0.1) is 0 Å². The van der Waals surface area contributed by atoms with Crippen LogP contribution in [0, 0.1) is 12.8 Å². The lowest BCUT2D eigenvalue weighted by Gasteiger charge is -2.35. The van der Waals surface area contributed by atoms with Crippen LogP contribution in [-0.2, 0) is 0 Å². The number of H-pyrrole nitrogens is 1. The fraction of sp³-hybridized carbons (Fsp3) is 0.769. The Balaban J connectivity index is 2.26. The summed E-state index contributed by atoms with van der Waals surface area (Å²) in [6, 6.07) is 0.568. The van der Waals surface area contributed by atoms with Crippen molar-refractivity contribution in [1.29, 1.82) is 0 Å². The summed E-state index contributed by atoms with van der Waals surface area (Å²) >= 11 is 0. The average molecular weight is 236 g/mol.